The van der Waals surface area contributed by atoms with Crippen LogP contribution in [-0.2, 0) is 4.74 Å². The Morgan fingerprint density at radius 3 is 2.87 bits per heavy atom. The van der Waals surface area contributed by atoms with Crippen molar-refractivity contribution in [1.82, 2.24) is 0 Å². The molecule has 2 unspecified atom stereocenters. The van der Waals surface area contributed by atoms with Crippen molar-refractivity contribution in [3.8, 4) is 0 Å². The third-order valence-corrected chi connectivity index (χ3v) is 4.55. The third kappa shape index (κ3) is 2.62. The summed E-state index contributed by atoms with van der Waals surface area (Å²) in [4.78, 5) is 0. The number of hydrogen-bond acceptors (Lipinski definition) is 2. The smallest absolute Gasteiger partial charge is 0.100 e. The first-order chi connectivity index (χ1) is 7.22. The number of halogens is 3. The molecule has 1 saturated heterocycles. The van der Waals surface area contributed by atoms with Gasteiger partial charge in [0.1, 0.15) is 4.34 Å². The van der Waals surface area contributed by atoms with E-state index in [1.54, 1.807) is 0 Å². The minimum absolute atomic E-state index is 0.0208. The van der Waals surface area contributed by atoms with Crippen molar-refractivity contribution in [2.75, 3.05) is 12.5 Å². The maximum absolute atomic E-state index is 6.11. The normalized spacial score (nSPS) is 26.9. The lowest BCUT2D eigenvalue weighted by Crippen LogP contribution is -2.23. The summed E-state index contributed by atoms with van der Waals surface area (Å²) in [5, 5.41) is 0. The molecule has 0 radical (unpaired) electrons. The van der Waals surface area contributed by atoms with Gasteiger partial charge >= 0.3 is 0 Å². The Bertz CT molecular complexity index is 339. The predicted molar refractivity (Wildman–Crippen MR) is 66.5 cm³/mol. The molecule has 0 aromatic carbocycles. The van der Waals surface area contributed by atoms with E-state index in [2.05, 4.69) is 0 Å². The van der Waals surface area contributed by atoms with Crippen molar-refractivity contribution >= 4 is 46.1 Å². The SMILES string of the molecule is ClCC1CCCOC1c1cc(Cl)sc1Cl. The fourth-order valence-corrected chi connectivity index (χ4v) is 3.74. The Morgan fingerprint density at radius 2 is 2.27 bits per heavy atom. The molecule has 1 aromatic rings. The largest absolute Gasteiger partial charge is 0.373 e. The lowest BCUT2D eigenvalue weighted by atomic mass is 9.92. The summed E-state index contributed by atoms with van der Waals surface area (Å²) in [6, 6.07) is 1.89. The summed E-state index contributed by atoms with van der Waals surface area (Å²) in [5.74, 6) is 0.956. The first-order valence-electron chi connectivity index (χ1n) is 4.84. The topological polar surface area (TPSA) is 9.23 Å². The Morgan fingerprint density at radius 1 is 1.47 bits per heavy atom. The molecule has 0 amide bonds. The molecule has 0 saturated carbocycles. The van der Waals surface area contributed by atoms with Crippen LogP contribution >= 0.6 is 46.1 Å². The maximum Gasteiger partial charge on any atom is 0.100 e. The Hall–Kier alpha value is 0.530. The molecule has 1 aliphatic rings. The second-order valence-electron chi connectivity index (χ2n) is 3.63. The van der Waals surface area contributed by atoms with E-state index in [0.29, 0.717) is 16.1 Å². The van der Waals surface area contributed by atoms with E-state index in [0.717, 1.165) is 29.3 Å². The maximum atomic E-state index is 6.11. The van der Waals surface area contributed by atoms with Crippen LogP contribution in [0.15, 0.2) is 6.07 Å². The number of thiophene rings is 1. The lowest BCUT2D eigenvalue weighted by molar-refractivity contribution is -0.0205. The van der Waals surface area contributed by atoms with Gasteiger partial charge in [-0.1, -0.05) is 23.2 Å². The van der Waals surface area contributed by atoms with Crippen molar-refractivity contribution in [2.24, 2.45) is 5.92 Å². The average Bonchev–Trinajstić information content (AvgIpc) is 2.57. The van der Waals surface area contributed by atoms with Crippen LogP contribution in [0.5, 0.6) is 0 Å². The molecule has 15 heavy (non-hydrogen) atoms. The molecule has 1 aliphatic heterocycles. The van der Waals surface area contributed by atoms with Gasteiger partial charge in [-0.15, -0.1) is 22.9 Å². The molecule has 1 nitrogen and oxygen atoms in total. The highest BCUT2D eigenvalue weighted by Gasteiger charge is 2.29. The molecular weight excluding hydrogens is 275 g/mol. The highest BCUT2D eigenvalue weighted by Crippen LogP contribution is 2.42. The second kappa shape index (κ2) is 5.24. The van der Waals surface area contributed by atoms with E-state index in [4.69, 9.17) is 39.5 Å². The molecule has 2 atom stereocenters. The van der Waals surface area contributed by atoms with E-state index in [1.165, 1.54) is 11.3 Å². The van der Waals surface area contributed by atoms with E-state index < -0.39 is 0 Å². The number of rotatable bonds is 2. The van der Waals surface area contributed by atoms with Gasteiger partial charge in [0, 0.05) is 24.0 Å². The highest BCUT2D eigenvalue weighted by atomic mass is 35.5. The summed E-state index contributed by atoms with van der Waals surface area (Å²) in [6.45, 7) is 0.780. The van der Waals surface area contributed by atoms with Crippen LogP contribution < -0.4 is 0 Å². The van der Waals surface area contributed by atoms with Crippen molar-refractivity contribution in [3.05, 3.63) is 20.3 Å². The number of ether oxygens (including phenoxy) is 1. The van der Waals surface area contributed by atoms with E-state index in [9.17, 15) is 0 Å². The molecule has 0 aliphatic carbocycles. The summed E-state index contributed by atoms with van der Waals surface area (Å²) < 4.78 is 7.17. The first kappa shape index (κ1) is 12.0. The summed E-state index contributed by atoms with van der Waals surface area (Å²) >= 11 is 19.3. The zero-order chi connectivity index (χ0) is 10.8. The minimum Gasteiger partial charge on any atom is -0.373 e. The van der Waals surface area contributed by atoms with Crippen molar-refractivity contribution in [1.29, 1.82) is 0 Å². The standard InChI is InChI=1S/C10H11Cl3OS/c11-5-6-2-1-3-14-9(6)7-4-8(12)15-10(7)13/h4,6,9H,1-3,5H2. The Labute approximate surface area is 108 Å². The van der Waals surface area contributed by atoms with Crippen LogP contribution in [0.25, 0.3) is 0 Å². The molecule has 1 aromatic heterocycles. The van der Waals surface area contributed by atoms with E-state index in [1.807, 2.05) is 6.07 Å². The third-order valence-electron chi connectivity index (χ3n) is 2.63. The van der Waals surface area contributed by atoms with Crippen LogP contribution in [0.3, 0.4) is 0 Å². The highest BCUT2D eigenvalue weighted by molar-refractivity contribution is 7.20. The van der Waals surface area contributed by atoms with Crippen molar-refractivity contribution < 1.29 is 4.74 Å². The Balaban J connectivity index is 2.23. The molecule has 0 bridgehead atoms. The van der Waals surface area contributed by atoms with Gasteiger partial charge in [-0.25, -0.2) is 0 Å². The Kier molecular flexibility index (Phi) is 4.19. The van der Waals surface area contributed by atoms with Gasteiger partial charge < -0.3 is 4.74 Å². The fourth-order valence-electron chi connectivity index (χ4n) is 1.89. The van der Waals surface area contributed by atoms with Crippen LogP contribution in [-0.4, -0.2) is 12.5 Å². The molecule has 2 heterocycles. The van der Waals surface area contributed by atoms with Crippen LogP contribution in [0.2, 0.25) is 8.67 Å². The van der Waals surface area contributed by atoms with E-state index in [-0.39, 0.29) is 6.10 Å². The van der Waals surface area contributed by atoms with E-state index >= 15 is 0 Å². The molecule has 0 N–H and O–H groups in total. The van der Waals surface area contributed by atoms with Gasteiger partial charge in [-0.3, -0.25) is 0 Å². The van der Waals surface area contributed by atoms with Crippen molar-refractivity contribution in [3.63, 3.8) is 0 Å². The molecular formula is C10H11Cl3OS. The van der Waals surface area contributed by atoms with Gasteiger partial charge in [0.25, 0.3) is 0 Å². The molecule has 5 heteroatoms. The number of hydrogen-bond donors (Lipinski definition) is 0. The molecule has 0 spiro atoms. The summed E-state index contributed by atoms with van der Waals surface area (Å²) in [5.41, 5.74) is 0.997. The zero-order valence-corrected chi connectivity index (χ0v) is 11.1. The predicted octanol–water partition coefficient (Wildman–Crippen LogP) is 4.76. The molecule has 2 rings (SSSR count). The quantitative estimate of drug-likeness (QED) is 0.712. The molecule has 84 valence electrons. The second-order valence-corrected chi connectivity index (χ2v) is 6.22. The number of alkyl halides is 1. The van der Waals surface area contributed by atoms with Gasteiger partial charge in [0.15, 0.2) is 0 Å². The fraction of sp³-hybridized carbons (Fsp3) is 0.600. The van der Waals surface area contributed by atoms with Crippen LogP contribution in [0.4, 0.5) is 0 Å². The lowest BCUT2D eigenvalue weighted by Gasteiger charge is -2.30. The van der Waals surface area contributed by atoms with Crippen LogP contribution in [0.1, 0.15) is 24.5 Å². The van der Waals surface area contributed by atoms with Gasteiger partial charge in [-0.2, -0.15) is 0 Å². The van der Waals surface area contributed by atoms with Crippen LogP contribution in [0, 0.1) is 5.92 Å². The van der Waals surface area contributed by atoms with Crippen molar-refractivity contribution in [2.45, 2.75) is 18.9 Å². The molecule has 1 fully saturated rings. The van der Waals surface area contributed by atoms with Gasteiger partial charge in [0.2, 0.25) is 0 Å². The summed E-state index contributed by atoms with van der Waals surface area (Å²) in [7, 11) is 0. The minimum atomic E-state index is 0.0208. The zero-order valence-electron chi connectivity index (χ0n) is 8.01. The summed E-state index contributed by atoms with van der Waals surface area (Å²) in [6.07, 6.45) is 2.19. The van der Waals surface area contributed by atoms with Gasteiger partial charge in [-0.05, 0) is 18.9 Å². The monoisotopic (exact) mass is 284 g/mol. The first-order valence-corrected chi connectivity index (χ1v) is 6.95. The average molecular weight is 286 g/mol. The van der Waals surface area contributed by atoms with Gasteiger partial charge in [0.05, 0.1) is 10.4 Å².